The monoisotopic (exact) mass is 246 g/mol. The summed E-state index contributed by atoms with van der Waals surface area (Å²) in [6, 6.07) is 9.18. The highest BCUT2D eigenvalue weighted by atomic mass is 16.3. The zero-order valence-corrected chi connectivity index (χ0v) is 11.7. The van der Waals surface area contributed by atoms with Crippen molar-refractivity contribution in [1.82, 2.24) is 0 Å². The lowest BCUT2D eigenvalue weighted by molar-refractivity contribution is 0.109. The van der Waals surface area contributed by atoms with E-state index in [0.717, 1.165) is 18.8 Å². The van der Waals surface area contributed by atoms with Gasteiger partial charge in [-0.2, -0.15) is 0 Å². The standard InChI is InChI=1S/C17H26O/c1-3-13(2)16-8-4-14(5-9-16)12-15-6-10-17(18)11-7-15/h4-5,8-9,13,15,17-18H,3,6-7,10-12H2,1-2H3. The van der Waals surface area contributed by atoms with Gasteiger partial charge in [-0.05, 0) is 61.5 Å². The van der Waals surface area contributed by atoms with Crippen LogP contribution in [0.2, 0.25) is 0 Å². The second-order valence-corrected chi connectivity index (χ2v) is 5.93. The largest absolute Gasteiger partial charge is 0.393 e. The Bertz CT molecular complexity index is 346. The second-order valence-electron chi connectivity index (χ2n) is 5.93. The third-order valence-electron chi connectivity index (χ3n) is 4.50. The van der Waals surface area contributed by atoms with E-state index in [0.29, 0.717) is 5.92 Å². The van der Waals surface area contributed by atoms with Crippen LogP contribution in [0.1, 0.15) is 63.0 Å². The Kier molecular flexibility index (Phi) is 4.82. The van der Waals surface area contributed by atoms with Gasteiger partial charge in [0, 0.05) is 0 Å². The fourth-order valence-electron chi connectivity index (χ4n) is 2.90. The lowest BCUT2D eigenvalue weighted by Gasteiger charge is -2.25. The first kappa shape index (κ1) is 13.6. The molecule has 0 saturated heterocycles. The van der Waals surface area contributed by atoms with Crippen molar-refractivity contribution in [3.8, 4) is 0 Å². The smallest absolute Gasteiger partial charge is 0.0540 e. The number of aliphatic hydroxyl groups excluding tert-OH is 1. The molecule has 2 rings (SSSR count). The Morgan fingerprint density at radius 3 is 2.28 bits per heavy atom. The molecule has 1 nitrogen and oxygen atoms in total. The van der Waals surface area contributed by atoms with Crippen molar-refractivity contribution in [2.24, 2.45) is 5.92 Å². The van der Waals surface area contributed by atoms with Crippen molar-refractivity contribution < 1.29 is 5.11 Å². The Morgan fingerprint density at radius 2 is 1.72 bits per heavy atom. The van der Waals surface area contributed by atoms with Crippen LogP contribution < -0.4 is 0 Å². The minimum atomic E-state index is -0.0333. The number of hydrogen-bond donors (Lipinski definition) is 1. The molecular weight excluding hydrogens is 220 g/mol. The van der Waals surface area contributed by atoms with Gasteiger partial charge < -0.3 is 5.11 Å². The Labute approximate surface area is 111 Å². The summed E-state index contributed by atoms with van der Waals surface area (Å²) < 4.78 is 0. The maximum Gasteiger partial charge on any atom is 0.0540 e. The number of hydrogen-bond acceptors (Lipinski definition) is 1. The molecule has 1 aromatic rings. The molecule has 0 bridgehead atoms. The van der Waals surface area contributed by atoms with Crippen molar-refractivity contribution in [1.29, 1.82) is 0 Å². The summed E-state index contributed by atoms with van der Waals surface area (Å²) in [5.41, 5.74) is 2.92. The van der Waals surface area contributed by atoms with Crippen LogP contribution in [0.15, 0.2) is 24.3 Å². The first-order valence-electron chi connectivity index (χ1n) is 7.46. The molecule has 100 valence electrons. The zero-order chi connectivity index (χ0) is 13.0. The highest BCUT2D eigenvalue weighted by Gasteiger charge is 2.19. The normalized spacial score (nSPS) is 25.9. The van der Waals surface area contributed by atoms with Crippen LogP contribution in [0.3, 0.4) is 0 Å². The minimum absolute atomic E-state index is 0.0333. The van der Waals surface area contributed by atoms with Gasteiger partial charge in [-0.25, -0.2) is 0 Å². The van der Waals surface area contributed by atoms with E-state index < -0.39 is 0 Å². The zero-order valence-electron chi connectivity index (χ0n) is 11.7. The van der Waals surface area contributed by atoms with Gasteiger partial charge in [-0.3, -0.25) is 0 Å². The predicted octanol–water partition coefficient (Wildman–Crippen LogP) is 4.29. The van der Waals surface area contributed by atoms with Gasteiger partial charge in [0.15, 0.2) is 0 Å². The third kappa shape index (κ3) is 3.58. The Morgan fingerprint density at radius 1 is 1.11 bits per heavy atom. The summed E-state index contributed by atoms with van der Waals surface area (Å²) in [5, 5.41) is 9.52. The molecular formula is C17H26O. The van der Waals surface area contributed by atoms with Crippen LogP contribution in [-0.4, -0.2) is 11.2 Å². The number of aliphatic hydroxyl groups is 1. The Balaban J connectivity index is 1.90. The average molecular weight is 246 g/mol. The van der Waals surface area contributed by atoms with Gasteiger partial charge in [-0.1, -0.05) is 38.1 Å². The lowest BCUT2D eigenvalue weighted by Crippen LogP contribution is -2.19. The molecule has 1 saturated carbocycles. The molecule has 0 spiro atoms. The van der Waals surface area contributed by atoms with Crippen molar-refractivity contribution in [2.45, 2.75) is 64.4 Å². The molecule has 1 unspecified atom stereocenters. The van der Waals surface area contributed by atoms with Gasteiger partial charge in [0.1, 0.15) is 0 Å². The quantitative estimate of drug-likeness (QED) is 0.840. The van der Waals surface area contributed by atoms with Crippen LogP contribution in [0.4, 0.5) is 0 Å². The summed E-state index contributed by atoms with van der Waals surface area (Å²) in [7, 11) is 0. The minimum Gasteiger partial charge on any atom is -0.393 e. The first-order valence-corrected chi connectivity index (χ1v) is 7.46. The average Bonchev–Trinajstić information content (AvgIpc) is 2.41. The van der Waals surface area contributed by atoms with Crippen molar-refractivity contribution in [2.75, 3.05) is 0 Å². The maximum absolute atomic E-state index is 9.52. The van der Waals surface area contributed by atoms with E-state index >= 15 is 0 Å². The molecule has 0 radical (unpaired) electrons. The fraction of sp³-hybridized carbons (Fsp3) is 0.647. The number of benzene rings is 1. The first-order chi connectivity index (χ1) is 8.69. The SMILES string of the molecule is CCC(C)c1ccc(CC2CCC(O)CC2)cc1. The summed E-state index contributed by atoms with van der Waals surface area (Å²) in [5.74, 6) is 1.45. The van der Waals surface area contributed by atoms with Crippen LogP contribution in [-0.2, 0) is 6.42 Å². The molecule has 1 fully saturated rings. The molecule has 1 aromatic carbocycles. The molecule has 0 heterocycles. The molecule has 1 aliphatic rings. The fourth-order valence-corrected chi connectivity index (χ4v) is 2.90. The molecule has 1 N–H and O–H groups in total. The topological polar surface area (TPSA) is 20.2 Å². The highest BCUT2D eigenvalue weighted by molar-refractivity contribution is 5.25. The molecule has 0 aromatic heterocycles. The van der Waals surface area contributed by atoms with Gasteiger partial charge in [0.25, 0.3) is 0 Å². The lowest BCUT2D eigenvalue weighted by atomic mass is 9.83. The van der Waals surface area contributed by atoms with E-state index in [4.69, 9.17) is 0 Å². The summed E-state index contributed by atoms with van der Waals surface area (Å²) in [4.78, 5) is 0. The van der Waals surface area contributed by atoms with Crippen LogP contribution in [0.25, 0.3) is 0 Å². The van der Waals surface area contributed by atoms with E-state index in [1.165, 1.54) is 36.8 Å². The molecule has 0 amide bonds. The van der Waals surface area contributed by atoms with Gasteiger partial charge >= 0.3 is 0 Å². The van der Waals surface area contributed by atoms with Crippen molar-refractivity contribution >= 4 is 0 Å². The van der Waals surface area contributed by atoms with E-state index in [9.17, 15) is 5.11 Å². The third-order valence-corrected chi connectivity index (χ3v) is 4.50. The molecule has 18 heavy (non-hydrogen) atoms. The number of rotatable bonds is 4. The molecule has 1 heteroatoms. The predicted molar refractivity (Wildman–Crippen MR) is 76.8 cm³/mol. The Hall–Kier alpha value is -0.820. The van der Waals surface area contributed by atoms with E-state index in [2.05, 4.69) is 38.1 Å². The molecule has 1 aliphatic carbocycles. The van der Waals surface area contributed by atoms with E-state index in [1.54, 1.807) is 0 Å². The second kappa shape index (κ2) is 6.38. The highest BCUT2D eigenvalue weighted by Crippen LogP contribution is 2.28. The van der Waals surface area contributed by atoms with Crippen LogP contribution >= 0.6 is 0 Å². The molecule has 0 aliphatic heterocycles. The van der Waals surface area contributed by atoms with Gasteiger partial charge in [0.2, 0.25) is 0 Å². The maximum atomic E-state index is 9.52. The van der Waals surface area contributed by atoms with Crippen molar-refractivity contribution in [3.63, 3.8) is 0 Å². The summed E-state index contributed by atoms with van der Waals surface area (Å²) in [6.45, 7) is 4.53. The van der Waals surface area contributed by atoms with Crippen LogP contribution in [0.5, 0.6) is 0 Å². The van der Waals surface area contributed by atoms with E-state index in [1.807, 2.05) is 0 Å². The van der Waals surface area contributed by atoms with Crippen molar-refractivity contribution in [3.05, 3.63) is 35.4 Å². The van der Waals surface area contributed by atoms with Gasteiger partial charge in [0.05, 0.1) is 6.10 Å². The summed E-state index contributed by atoms with van der Waals surface area (Å²) in [6.07, 6.45) is 6.73. The van der Waals surface area contributed by atoms with Gasteiger partial charge in [-0.15, -0.1) is 0 Å². The molecule has 1 atom stereocenters. The summed E-state index contributed by atoms with van der Waals surface area (Å²) >= 11 is 0. The van der Waals surface area contributed by atoms with Crippen LogP contribution in [0, 0.1) is 5.92 Å². The van der Waals surface area contributed by atoms with E-state index in [-0.39, 0.29) is 6.10 Å².